The van der Waals surface area contributed by atoms with Crippen LogP contribution in [-0.4, -0.2) is 35.5 Å². The third-order valence-electron chi connectivity index (χ3n) is 5.74. The van der Waals surface area contributed by atoms with E-state index >= 15 is 0 Å². The van der Waals surface area contributed by atoms with Crippen LogP contribution in [0.3, 0.4) is 0 Å². The molecule has 0 radical (unpaired) electrons. The number of aromatic nitrogens is 2. The van der Waals surface area contributed by atoms with E-state index in [9.17, 15) is 4.79 Å². The van der Waals surface area contributed by atoms with Crippen molar-refractivity contribution in [1.82, 2.24) is 15.3 Å². The van der Waals surface area contributed by atoms with E-state index in [1.165, 1.54) is 16.7 Å². The third kappa shape index (κ3) is 4.03. The summed E-state index contributed by atoms with van der Waals surface area (Å²) in [4.78, 5) is 22.9. The summed E-state index contributed by atoms with van der Waals surface area (Å²) in [5.41, 5.74) is 5.88. The molecular weight excluding hydrogens is 348 g/mol. The van der Waals surface area contributed by atoms with Crippen molar-refractivity contribution in [2.75, 3.05) is 24.5 Å². The van der Waals surface area contributed by atoms with Gasteiger partial charge in [0.1, 0.15) is 0 Å². The third-order valence-corrected chi connectivity index (χ3v) is 5.74. The zero-order valence-electron chi connectivity index (χ0n) is 16.7. The molecule has 2 N–H and O–H groups in total. The molecule has 3 aromatic rings. The van der Waals surface area contributed by atoms with Crippen LogP contribution in [0.1, 0.15) is 29.5 Å². The van der Waals surface area contributed by atoms with Crippen molar-refractivity contribution in [3.63, 3.8) is 0 Å². The zero-order chi connectivity index (χ0) is 19.5. The van der Waals surface area contributed by atoms with Crippen LogP contribution in [0.25, 0.3) is 11.0 Å². The van der Waals surface area contributed by atoms with Gasteiger partial charge < -0.3 is 15.2 Å². The van der Waals surface area contributed by atoms with Gasteiger partial charge in [0.15, 0.2) is 0 Å². The number of benzene rings is 2. The van der Waals surface area contributed by atoms with Gasteiger partial charge in [-0.2, -0.15) is 0 Å². The van der Waals surface area contributed by atoms with Gasteiger partial charge in [0, 0.05) is 25.6 Å². The largest absolute Gasteiger partial charge is 0.356 e. The molecule has 2 aromatic carbocycles. The quantitative estimate of drug-likeness (QED) is 0.713. The first-order valence-corrected chi connectivity index (χ1v) is 10.1. The SMILES string of the molecule is Cc1ccc2nc(N3CCC(C(=O)NCCc4ccccc4C)CC3)[nH]c2c1. The van der Waals surface area contributed by atoms with E-state index in [0.717, 1.165) is 49.3 Å². The summed E-state index contributed by atoms with van der Waals surface area (Å²) in [6.45, 7) is 6.62. The maximum Gasteiger partial charge on any atom is 0.223 e. The van der Waals surface area contributed by atoms with Crippen molar-refractivity contribution >= 4 is 22.9 Å². The highest BCUT2D eigenvalue weighted by Gasteiger charge is 2.26. The predicted molar refractivity (Wildman–Crippen MR) is 114 cm³/mol. The number of anilines is 1. The Balaban J connectivity index is 1.28. The second-order valence-electron chi connectivity index (χ2n) is 7.81. The molecule has 1 saturated heterocycles. The van der Waals surface area contributed by atoms with Gasteiger partial charge in [0.05, 0.1) is 11.0 Å². The normalized spacial score (nSPS) is 15.1. The van der Waals surface area contributed by atoms with Crippen molar-refractivity contribution < 1.29 is 4.79 Å². The van der Waals surface area contributed by atoms with Gasteiger partial charge in [-0.3, -0.25) is 4.79 Å². The summed E-state index contributed by atoms with van der Waals surface area (Å²) >= 11 is 0. The molecule has 2 heterocycles. The Labute approximate surface area is 166 Å². The first-order chi connectivity index (χ1) is 13.6. The molecule has 28 heavy (non-hydrogen) atoms. The van der Waals surface area contributed by atoms with Gasteiger partial charge in [0.2, 0.25) is 11.9 Å². The molecule has 0 atom stereocenters. The van der Waals surface area contributed by atoms with Crippen LogP contribution in [0.2, 0.25) is 0 Å². The summed E-state index contributed by atoms with van der Waals surface area (Å²) in [6, 6.07) is 14.6. The van der Waals surface area contributed by atoms with Crippen LogP contribution in [0.4, 0.5) is 5.95 Å². The average molecular weight is 377 g/mol. The van der Waals surface area contributed by atoms with Crippen LogP contribution in [-0.2, 0) is 11.2 Å². The van der Waals surface area contributed by atoms with Gasteiger partial charge in [0.25, 0.3) is 0 Å². The monoisotopic (exact) mass is 376 g/mol. The van der Waals surface area contributed by atoms with E-state index in [4.69, 9.17) is 4.98 Å². The van der Waals surface area contributed by atoms with Gasteiger partial charge >= 0.3 is 0 Å². The fourth-order valence-corrected chi connectivity index (χ4v) is 3.97. The number of aryl methyl sites for hydroxylation is 2. The molecule has 1 amide bonds. The Bertz CT molecular complexity index is 970. The standard InChI is InChI=1S/C23H28N4O/c1-16-7-8-20-21(15-16)26-23(25-20)27-13-10-19(11-14-27)22(28)24-12-9-18-6-4-3-5-17(18)2/h3-8,15,19H,9-14H2,1-2H3,(H,24,28)(H,25,26). The van der Waals surface area contributed by atoms with Crippen molar-refractivity contribution in [2.24, 2.45) is 5.92 Å². The van der Waals surface area contributed by atoms with Crippen LogP contribution in [0.5, 0.6) is 0 Å². The lowest BCUT2D eigenvalue weighted by atomic mass is 9.96. The van der Waals surface area contributed by atoms with Gasteiger partial charge in [-0.25, -0.2) is 4.98 Å². The minimum Gasteiger partial charge on any atom is -0.356 e. The van der Waals surface area contributed by atoms with E-state index < -0.39 is 0 Å². The number of imidazole rings is 1. The molecule has 146 valence electrons. The Morgan fingerprint density at radius 3 is 2.75 bits per heavy atom. The molecule has 0 spiro atoms. The van der Waals surface area contributed by atoms with E-state index in [-0.39, 0.29) is 11.8 Å². The number of piperidine rings is 1. The van der Waals surface area contributed by atoms with Crippen molar-refractivity contribution in [3.8, 4) is 0 Å². The van der Waals surface area contributed by atoms with E-state index in [1.807, 2.05) is 6.07 Å². The van der Waals surface area contributed by atoms with Gasteiger partial charge in [-0.05, 0) is 61.9 Å². The summed E-state index contributed by atoms with van der Waals surface area (Å²) in [5, 5.41) is 3.13. The maximum atomic E-state index is 12.5. The lowest BCUT2D eigenvalue weighted by Gasteiger charge is -2.31. The molecular formula is C23H28N4O. The molecule has 1 fully saturated rings. The number of nitrogens with zero attached hydrogens (tertiary/aromatic N) is 2. The second kappa shape index (κ2) is 8.05. The minimum atomic E-state index is 0.0970. The lowest BCUT2D eigenvalue weighted by Crippen LogP contribution is -2.41. The number of aromatic amines is 1. The molecule has 1 aliphatic heterocycles. The smallest absolute Gasteiger partial charge is 0.223 e. The highest BCUT2D eigenvalue weighted by atomic mass is 16.1. The van der Waals surface area contributed by atoms with Crippen LogP contribution in [0.15, 0.2) is 42.5 Å². The molecule has 1 aliphatic rings. The number of carbonyl (C=O) groups is 1. The average Bonchev–Trinajstić information content (AvgIpc) is 3.12. The molecule has 0 bridgehead atoms. The summed E-state index contributed by atoms with van der Waals surface area (Å²) in [7, 11) is 0. The zero-order valence-corrected chi connectivity index (χ0v) is 16.7. The van der Waals surface area contributed by atoms with E-state index in [1.54, 1.807) is 0 Å². The topological polar surface area (TPSA) is 61.0 Å². The Hall–Kier alpha value is -2.82. The van der Waals surface area contributed by atoms with Crippen LogP contribution in [0, 0.1) is 19.8 Å². The van der Waals surface area contributed by atoms with Crippen LogP contribution >= 0.6 is 0 Å². The fraction of sp³-hybridized carbons (Fsp3) is 0.391. The number of carbonyl (C=O) groups excluding carboxylic acids is 1. The molecule has 5 nitrogen and oxygen atoms in total. The number of amides is 1. The Kier molecular flexibility index (Phi) is 5.33. The molecule has 4 rings (SSSR count). The van der Waals surface area contributed by atoms with E-state index in [2.05, 4.69) is 65.4 Å². The lowest BCUT2D eigenvalue weighted by molar-refractivity contribution is -0.125. The maximum absolute atomic E-state index is 12.5. The van der Waals surface area contributed by atoms with Crippen molar-refractivity contribution in [2.45, 2.75) is 33.1 Å². The molecule has 5 heteroatoms. The highest BCUT2D eigenvalue weighted by Crippen LogP contribution is 2.24. The van der Waals surface area contributed by atoms with Crippen LogP contribution < -0.4 is 10.2 Å². The molecule has 0 saturated carbocycles. The first-order valence-electron chi connectivity index (χ1n) is 10.1. The van der Waals surface area contributed by atoms with E-state index in [0.29, 0.717) is 6.54 Å². The number of H-pyrrole nitrogens is 1. The number of hydrogen-bond donors (Lipinski definition) is 2. The number of fused-ring (bicyclic) bond motifs is 1. The summed E-state index contributed by atoms with van der Waals surface area (Å²) < 4.78 is 0. The van der Waals surface area contributed by atoms with Gasteiger partial charge in [-0.15, -0.1) is 0 Å². The molecule has 0 aliphatic carbocycles. The Morgan fingerprint density at radius 1 is 1.18 bits per heavy atom. The number of nitrogens with one attached hydrogen (secondary N) is 2. The minimum absolute atomic E-state index is 0.0970. The Morgan fingerprint density at radius 2 is 1.96 bits per heavy atom. The van der Waals surface area contributed by atoms with Crippen molar-refractivity contribution in [1.29, 1.82) is 0 Å². The highest BCUT2D eigenvalue weighted by molar-refractivity contribution is 5.80. The van der Waals surface area contributed by atoms with Crippen molar-refractivity contribution in [3.05, 3.63) is 59.2 Å². The summed E-state index contributed by atoms with van der Waals surface area (Å²) in [6.07, 6.45) is 2.62. The second-order valence-corrected chi connectivity index (χ2v) is 7.81. The molecule has 1 aromatic heterocycles. The number of rotatable bonds is 5. The predicted octanol–water partition coefficient (Wildman–Crippen LogP) is 3.76. The first kappa shape index (κ1) is 18.5. The molecule has 0 unspecified atom stereocenters. The van der Waals surface area contributed by atoms with Gasteiger partial charge in [-0.1, -0.05) is 30.3 Å². The number of hydrogen-bond acceptors (Lipinski definition) is 3. The summed E-state index contributed by atoms with van der Waals surface area (Å²) in [5.74, 6) is 1.20. The fourth-order valence-electron chi connectivity index (χ4n) is 3.97.